The van der Waals surface area contributed by atoms with E-state index >= 15 is 0 Å². The molecule has 0 aromatic heterocycles. The number of amides is 1. The van der Waals surface area contributed by atoms with E-state index in [1.54, 1.807) is 13.2 Å². The monoisotopic (exact) mass is 421 g/mol. The SMILES string of the molecule is COc1cccc(CNC(=O)COC(=O)c2cc(Cl)c(OC(C)C)c(OC)c2)c1. The van der Waals surface area contributed by atoms with Gasteiger partial charge in [-0.05, 0) is 43.7 Å². The Morgan fingerprint density at radius 1 is 1.10 bits per heavy atom. The van der Waals surface area contributed by atoms with Gasteiger partial charge in [0, 0.05) is 6.54 Å². The number of hydrogen-bond acceptors (Lipinski definition) is 6. The number of methoxy groups -OCH3 is 2. The maximum Gasteiger partial charge on any atom is 0.338 e. The van der Waals surface area contributed by atoms with Crippen LogP contribution in [-0.2, 0) is 16.1 Å². The lowest BCUT2D eigenvalue weighted by Crippen LogP contribution is -2.28. The highest BCUT2D eigenvalue weighted by atomic mass is 35.5. The Morgan fingerprint density at radius 3 is 2.52 bits per heavy atom. The van der Waals surface area contributed by atoms with Crippen LogP contribution in [0.1, 0.15) is 29.8 Å². The molecule has 29 heavy (non-hydrogen) atoms. The third-order valence-corrected chi connectivity index (χ3v) is 4.06. The van der Waals surface area contributed by atoms with E-state index in [0.717, 1.165) is 5.56 Å². The van der Waals surface area contributed by atoms with Crippen molar-refractivity contribution in [2.45, 2.75) is 26.5 Å². The van der Waals surface area contributed by atoms with Crippen LogP contribution < -0.4 is 19.5 Å². The zero-order valence-corrected chi connectivity index (χ0v) is 17.5. The molecule has 7 nitrogen and oxygen atoms in total. The molecule has 0 heterocycles. The van der Waals surface area contributed by atoms with Gasteiger partial charge in [-0.25, -0.2) is 4.79 Å². The molecule has 0 radical (unpaired) electrons. The van der Waals surface area contributed by atoms with Crippen molar-refractivity contribution in [1.29, 1.82) is 0 Å². The number of rotatable bonds is 9. The van der Waals surface area contributed by atoms with Crippen LogP contribution in [0.5, 0.6) is 17.2 Å². The fourth-order valence-corrected chi connectivity index (χ4v) is 2.69. The molecule has 0 aliphatic heterocycles. The molecule has 0 saturated heterocycles. The number of ether oxygens (including phenoxy) is 4. The minimum Gasteiger partial charge on any atom is -0.497 e. The maximum atomic E-state index is 12.3. The summed E-state index contributed by atoms with van der Waals surface area (Å²) < 4.78 is 21.1. The Hall–Kier alpha value is -2.93. The zero-order chi connectivity index (χ0) is 21.4. The van der Waals surface area contributed by atoms with Gasteiger partial charge in [-0.2, -0.15) is 0 Å². The molecule has 8 heteroatoms. The van der Waals surface area contributed by atoms with Crippen LogP contribution in [0.2, 0.25) is 5.02 Å². The Morgan fingerprint density at radius 2 is 1.86 bits per heavy atom. The molecule has 1 N–H and O–H groups in total. The fourth-order valence-electron chi connectivity index (χ4n) is 2.44. The Bertz CT molecular complexity index is 868. The second-order valence-electron chi connectivity index (χ2n) is 6.36. The van der Waals surface area contributed by atoms with E-state index < -0.39 is 18.5 Å². The molecule has 0 aliphatic carbocycles. The lowest BCUT2D eigenvalue weighted by Gasteiger charge is -2.16. The van der Waals surface area contributed by atoms with Crippen molar-refractivity contribution in [2.24, 2.45) is 0 Å². The van der Waals surface area contributed by atoms with Crippen molar-refractivity contribution >= 4 is 23.5 Å². The summed E-state index contributed by atoms with van der Waals surface area (Å²) >= 11 is 6.20. The quantitative estimate of drug-likeness (QED) is 0.623. The minimum absolute atomic E-state index is 0.118. The Labute approximate surface area is 174 Å². The van der Waals surface area contributed by atoms with Crippen LogP contribution in [0, 0.1) is 0 Å². The predicted octanol–water partition coefficient (Wildman–Crippen LogP) is 3.62. The average molecular weight is 422 g/mol. The summed E-state index contributed by atoms with van der Waals surface area (Å²) in [7, 11) is 3.01. The third kappa shape index (κ3) is 6.57. The summed E-state index contributed by atoms with van der Waals surface area (Å²) in [6.45, 7) is 3.56. The van der Waals surface area contributed by atoms with Crippen molar-refractivity contribution in [2.75, 3.05) is 20.8 Å². The van der Waals surface area contributed by atoms with Gasteiger partial charge in [0.1, 0.15) is 5.75 Å². The molecule has 0 unspecified atom stereocenters. The second-order valence-corrected chi connectivity index (χ2v) is 6.77. The summed E-state index contributed by atoms with van der Waals surface area (Å²) in [6.07, 6.45) is -0.118. The Kier molecular flexibility index (Phi) is 8.15. The number of hydrogen-bond donors (Lipinski definition) is 1. The lowest BCUT2D eigenvalue weighted by atomic mass is 10.2. The standard InChI is InChI=1S/C21H24ClNO6/c1-13(2)29-20-17(22)9-15(10-18(20)27-4)21(25)28-12-19(24)23-11-14-6-5-7-16(8-14)26-3/h5-10,13H,11-12H2,1-4H3,(H,23,24). The van der Waals surface area contributed by atoms with Crippen molar-refractivity contribution in [1.82, 2.24) is 5.32 Å². The normalized spacial score (nSPS) is 10.4. The van der Waals surface area contributed by atoms with Gasteiger partial charge in [0.2, 0.25) is 0 Å². The smallest absolute Gasteiger partial charge is 0.338 e. The molecule has 0 spiro atoms. The molecular weight excluding hydrogens is 398 g/mol. The average Bonchev–Trinajstić information content (AvgIpc) is 2.71. The van der Waals surface area contributed by atoms with Gasteiger partial charge in [0.15, 0.2) is 18.1 Å². The number of carbonyl (C=O) groups is 2. The molecule has 0 atom stereocenters. The van der Waals surface area contributed by atoms with Crippen molar-refractivity contribution < 1.29 is 28.5 Å². The summed E-state index contributed by atoms with van der Waals surface area (Å²) in [5.74, 6) is 0.216. The lowest BCUT2D eigenvalue weighted by molar-refractivity contribution is -0.124. The zero-order valence-electron chi connectivity index (χ0n) is 16.8. The summed E-state index contributed by atoms with van der Waals surface area (Å²) in [6, 6.07) is 10.2. The molecule has 1 amide bonds. The van der Waals surface area contributed by atoms with E-state index in [1.807, 2.05) is 32.0 Å². The van der Waals surface area contributed by atoms with Crippen LogP contribution >= 0.6 is 11.6 Å². The van der Waals surface area contributed by atoms with Crippen molar-refractivity contribution in [3.05, 3.63) is 52.5 Å². The molecule has 2 rings (SSSR count). The first-order valence-corrected chi connectivity index (χ1v) is 9.32. The van der Waals surface area contributed by atoms with Gasteiger partial charge in [-0.15, -0.1) is 0 Å². The predicted molar refractivity (Wildman–Crippen MR) is 109 cm³/mol. The first-order chi connectivity index (χ1) is 13.8. The summed E-state index contributed by atoms with van der Waals surface area (Å²) in [5, 5.41) is 2.89. The van der Waals surface area contributed by atoms with Gasteiger partial charge in [0.05, 0.1) is 30.9 Å². The minimum atomic E-state index is -0.696. The van der Waals surface area contributed by atoms with E-state index in [-0.39, 0.29) is 23.2 Å². The van der Waals surface area contributed by atoms with E-state index in [9.17, 15) is 9.59 Å². The largest absolute Gasteiger partial charge is 0.497 e. The molecule has 0 aliphatic rings. The Balaban J connectivity index is 1.94. The second kappa shape index (κ2) is 10.6. The topological polar surface area (TPSA) is 83.1 Å². The highest BCUT2D eigenvalue weighted by Gasteiger charge is 2.18. The highest BCUT2D eigenvalue weighted by Crippen LogP contribution is 2.37. The molecule has 0 fully saturated rings. The number of esters is 1. The molecule has 0 bridgehead atoms. The van der Waals surface area contributed by atoms with Gasteiger partial charge in [0.25, 0.3) is 5.91 Å². The number of nitrogens with one attached hydrogen (secondary N) is 1. The van der Waals surface area contributed by atoms with E-state index in [0.29, 0.717) is 17.2 Å². The van der Waals surface area contributed by atoms with E-state index in [2.05, 4.69) is 5.32 Å². The van der Waals surface area contributed by atoms with Crippen LogP contribution in [0.25, 0.3) is 0 Å². The number of carbonyl (C=O) groups excluding carboxylic acids is 2. The number of benzene rings is 2. The molecule has 2 aromatic rings. The van der Waals surface area contributed by atoms with E-state index in [4.69, 9.17) is 30.5 Å². The summed E-state index contributed by atoms with van der Waals surface area (Å²) in [4.78, 5) is 24.3. The van der Waals surface area contributed by atoms with Crippen molar-refractivity contribution in [3.8, 4) is 17.2 Å². The van der Waals surface area contributed by atoms with Gasteiger partial charge < -0.3 is 24.3 Å². The third-order valence-electron chi connectivity index (χ3n) is 3.78. The van der Waals surface area contributed by atoms with Crippen LogP contribution in [-0.4, -0.2) is 38.8 Å². The highest BCUT2D eigenvalue weighted by molar-refractivity contribution is 6.32. The molecule has 2 aromatic carbocycles. The number of halogens is 1. The first kappa shape index (κ1) is 22.4. The van der Waals surface area contributed by atoms with Crippen molar-refractivity contribution in [3.63, 3.8) is 0 Å². The molecule has 0 saturated carbocycles. The summed E-state index contributed by atoms with van der Waals surface area (Å²) in [5.41, 5.74) is 1.02. The van der Waals surface area contributed by atoms with Gasteiger partial charge in [-0.3, -0.25) is 4.79 Å². The van der Waals surface area contributed by atoms with E-state index in [1.165, 1.54) is 19.2 Å². The van der Waals surface area contributed by atoms with Gasteiger partial charge >= 0.3 is 5.97 Å². The maximum absolute atomic E-state index is 12.3. The molecular formula is C21H24ClNO6. The van der Waals surface area contributed by atoms with Crippen LogP contribution in [0.15, 0.2) is 36.4 Å². The first-order valence-electron chi connectivity index (χ1n) is 8.95. The van der Waals surface area contributed by atoms with Crippen LogP contribution in [0.3, 0.4) is 0 Å². The van der Waals surface area contributed by atoms with Crippen LogP contribution in [0.4, 0.5) is 0 Å². The van der Waals surface area contributed by atoms with Gasteiger partial charge in [-0.1, -0.05) is 23.7 Å². The fraction of sp³-hybridized carbons (Fsp3) is 0.333. The molecule has 156 valence electrons.